The topological polar surface area (TPSA) is 48.2 Å². The van der Waals surface area contributed by atoms with Gasteiger partial charge in [-0.25, -0.2) is 0 Å². The molecule has 0 unspecified atom stereocenters. The van der Waals surface area contributed by atoms with Gasteiger partial charge in [-0.3, -0.25) is 0 Å². The molecule has 0 saturated heterocycles. The molecule has 1 heterocycles. The van der Waals surface area contributed by atoms with Gasteiger partial charge in [0.05, 0.1) is 0 Å². The summed E-state index contributed by atoms with van der Waals surface area (Å²) in [4.78, 5) is 4.46. The van der Waals surface area contributed by atoms with Crippen LogP contribution in [0.3, 0.4) is 0 Å². The summed E-state index contributed by atoms with van der Waals surface area (Å²) in [6, 6.07) is 16.2. The molecule has 0 saturated carbocycles. The van der Waals surface area contributed by atoms with E-state index in [9.17, 15) is 0 Å². The second-order valence-electron chi connectivity index (χ2n) is 7.36. The lowest BCUT2D eigenvalue weighted by atomic mass is 9.87. The first-order chi connectivity index (χ1) is 11.8. The van der Waals surface area contributed by atoms with Crippen molar-refractivity contribution < 1.29 is 9.26 Å². The Kier molecular flexibility index (Phi) is 4.62. The average molecular weight is 336 g/mol. The van der Waals surface area contributed by atoms with E-state index in [0.29, 0.717) is 11.7 Å². The van der Waals surface area contributed by atoms with E-state index < -0.39 is 0 Å². The van der Waals surface area contributed by atoms with Crippen molar-refractivity contribution in [1.29, 1.82) is 0 Å². The Labute approximate surface area is 148 Å². The van der Waals surface area contributed by atoms with Crippen LogP contribution in [0.5, 0.6) is 5.75 Å². The molecule has 0 aliphatic carbocycles. The normalized spacial score (nSPS) is 12.8. The molecule has 0 aliphatic rings. The summed E-state index contributed by atoms with van der Waals surface area (Å²) in [6.07, 6.45) is -0.313. The predicted octanol–water partition coefficient (Wildman–Crippen LogP) is 5.48. The predicted molar refractivity (Wildman–Crippen MR) is 98.7 cm³/mol. The zero-order valence-corrected chi connectivity index (χ0v) is 15.4. The maximum Gasteiger partial charge on any atom is 0.267 e. The van der Waals surface area contributed by atoms with Crippen LogP contribution in [-0.4, -0.2) is 10.1 Å². The summed E-state index contributed by atoms with van der Waals surface area (Å²) in [5.41, 5.74) is 3.52. The summed E-state index contributed by atoms with van der Waals surface area (Å²) in [7, 11) is 0. The van der Waals surface area contributed by atoms with Crippen molar-refractivity contribution in [3.8, 4) is 17.1 Å². The number of hydrogen-bond acceptors (Lipinski definition) is 4. The SMILES string of the molecule is Cc1ccc(-c2noc([C@@H](C)Oc3ccc(C(C)(C)C)cc3)n2)cc1. The smallest absolute Gasteiger partial charge is 0.267 e. The van der Waals surface area contributed by atoms with E-state index >= 15 is 0 Å². The molecule has 2 aromatic carbocycles. The van der Waals surface area contributed by atoms with E-state index in [0.717, 1.165) is 11.3 Å². The molecule has 130 valence electrons. The van der Waals surface area contributed by atoms with E-state index in [2.05, 4.69) is 43.0 Å². The Bertz CT molecular complexity index is 828. The van der Waals surface area contributed by atoms with Crippen LogP contribution in [-0.2, 0) is 5.41 Å². The van der Waals surface area contributed by atoms with Crippen molar-refractivity contribution >= 4 is 0 Å². The third kappa shape index (κ3) is 4.08. The zero-order chi connectivity index (χ0) is 18.0. The first-order valence-corrected chi connectivity index (χ1v) is 8.51. The molecule has 0 radical (unpaired) electrons. The highest BCUT2D eigenvalue weighted by molar-refractivity contribution is 5.54. The van der Waals surface area contributed by atoms with Gasteiger partial charge >= 0.3 is 0 Å². The number of aromatic nitrogens is 2. The number of nitrogens with zero attached hydrogens (tertiary/aromatic N) is 2. The standard InChI is InChI=1S/C21H24N2O2/c1-14-6-8-16(9-7-14)19-22-20(25-23-19)15(2)24-18-12-10-17(11-13-18)21(3,4)5/h6-13,15H,1-5H3/t15-/m1/s1. The van der Waals surface area contributed by atoms with Gasteiger partial charge in [0, 0.05) is 5.56 Å². The summed E-state index contributed by atoms with van der Waals surface area (Å²) >= 11 is 0. The van der Waals surface area contributed by atoms with Crippen LogP contribution >= 0.6 is 0 Å². The first kappa shape index (κ1) is 17.2. The number of hydrogen-bond donors (Lipinski definition) is 0. The van der Waals surface area contributed by atoms with Crippen LogP contribution in [0.15, 0.2) is 53.1 Å². The summed E-state index contributed by atoms with van der Waals surface area (Å²) in [5.74, 6) is 1.83. The molecular weight excluding hydrogens is 312 g/mol. The molecule has 3 rings (SSSR count). The number of aryl methyl sites for hydroxylation is 1. The summed E-state index contributed by atoms with van der Waals surface area (Å²) in [5, 5.41) is 4.06. The van der Waals surface area contributed by atoms with Gasteiger partial charge < -0.3 is 9.26 Å². The Hall–Kier alpha value is -2.62. The fourth-order valence-corrected chi connectivity index (χ4v) is 2.51. The number of rotatable bonds is 4. The van der Waals surface area contributed by atoms with Crippen molar-refractivity contribution in [2.45, 2.75) is 46.1 Å². The van der Waals surface area contributed by atoms with Gasteiger partial charge in [-0.2, -0.15) is 4.98 Å². The van der Waals surface area contributed by atoms with Gasteiger partial charge in [-0.05, 0) is 37.0 Å². The maximum absolute atomic E-state index is 5.94. The second-order valence-corrected chi connectivity index (χ2v) is 7.36. The molecule has 4 nitrogen and oxygen atoms in total. The lowest BCUT2D eigenvalue weighted by Gasteiger charge is -2.19. The van der Waals surface area contributed by atoms with Gasteiger partial charge in [0.1, 0.15) is 5.75 Å². The monoisotopic (exact) mass is 336 g/mol. The van der Waals surface area contributed by atoms with E-state index in [1.54, 1.807) is 0 Å². The van der Waals surface area contributed by atoms with Gasteiger partial charge in [-0.15, -0.1) is 0 Å². The molecule has 0 bridgehead atoms. The minimum absolute atomic E-state index is 0.125. The third-order valence-corrected chi connectivity index (χ3v) is 4.13. The van der Waals surface area contributed by atoms with Crippen LogP contribution in [0, 0.1) is 6.92 Å². The van der Waals surface area contributed by atoms with Crippen molar-refractivity contribution in [3.05, 3.63) is 65.5 Å². The highest BCUT2D eigenvalue weighted by Gasteiger charge is 2.18. The van der Waals surface area contributed by atoms with E-state index in [1.165, 1.54) is 11.1 Å². The van der Waals surface area contributed by atoms with Gasteiger partial charge in [0.15, 0.2) is 6.10 Å². The molecule has 3 aromatic rings. The van der Waals surface area contributed by atoms with Crippen LogP contribution in [0.4, 0.5) is 0 Å². The molecule has 1 atom stereocenters. The van der Waals surface area contributed by atoms with Crippen molar-refractivity contribution in [2.75, 3.05) is 0 Å². The van der Waals surface area contributed by atoms with Crippen LogP contribution in [0.1, 0.15) is 50.8 Å². The van der Waals surface area contributed by atoms with Crippen molar-refractivity contribution in [3.63, 3.8) is 0 Å². The second kappa shape index (κ2) is 6.71. The minimum atomic E-state index is -0.313. The molecule has 4 heteroatoms. The van der Waals surface area contributed by atoms with Crippen molar-refractivity contribution in [2.24, 2.45) is 0 Å². The van der Waals surface area contributed by atoms with E-state index in [4.69, 9.17) is 9.26 Å². The molecule has 0 fully saturated rings. The molecular formula is C21H24N2O2. The first-order valence-electron chi connectivity index (χ1n) is 8.51. The average Bonchev–Trinajstić information content (AvgIpc) is 3.05. The van der Waals surface area contributed by atoms with Crippen LogP contribution in [0.2, 0.25) is 0 Å². The fraction of sp³-hybridized carbons (Fsp3) is 0.333. The molecule has 0 amide bonds. The third-order valence-electron chi connectivity index (χ3n) is 4.13. The van der Waals surface area contributed by atoms with E-state index in [1.807, 2.05) is 50.2 Å². The van der Waals surface area contributed by atoms with Crippen molar-refractivity contribution in [1.82, 2.24) is 10.1 Å². The lowest BCUT2D eigenvalue weighted by molar-refractivity contribution is 0.175. The van der Waals surface area contributed by atoms with Gasteiger partial charge in [0.25, 0.3) is 5.89 Å². The minimum Gasteiger partial charge on any atom is -0.481 e. The molecule has 1 aromatic heterocycles. The Morgan fingerprint density at radius 3 is 2.20 bits per heavy atom. The highest BCUT2D eigenvalue weighted by Crippen LogP contribution is 2.27. The molecule has 0 N–H and O–H groups in total. The van der Waals surface area contributed by atoms with Gasteiger partial charge in [0.2, 0.25) is 5.82 Å². The quantitative estimate of drug-likeness (QED) is 0.633. The number of benzene rings is 2. The summed E-state index contributed by atoms with van der Waals surface area (Å²) in [6.45, 7) is 10.5. The largest absolute Gasteiger partial charge is 0.481 e. The van der Waals surface area contributed by atoms with Crippen LogP contribution < -0.4 is 4.74 Å². The lowest BCUT2D eigenvalue weighted by Crippen LogP contribution is -2.10. The molecule has 0 spiro atoms. The van der Waals surface area contributed by atoms with E-state index in [-0.39, 0.29) is 11.5 Å². The Balaban J connectivity index is 1.71. The number of ether oxygens (including phenoxy) is 1. The Morgan fingerprint density at radius 2 is 1.60 bits per heavy atom. The molecule has 25 heavy (non-hydrogen) atoms. The maximum atomic E-state index is 5.94. The fourth-order valence-electron chi connectivity index (χ4n) is 2.51. The molecule has 0 aliphatic heterocycles. The Morgan fingerprint density at radius 1 is 0.960 bits per heavy atom. The zero-order valence-electron chi connectivity index (χ0n) is 15.4. The highest BCUT2D eigenvalue weighted by atomic mass is 16.5. The summed E-state index contributed by atoms with van der Waals surface area (Å²) < 4.78 is 11.3. The van der Waals surface area contributed by atoms with Crippen LogP contribution in [0.25, 0.3) is 11.4 Å². The van der Waals surface area contributed by atoms with Gasteiger partial charge in [-0.1, -0.05) is 67.9 Å².